The topological polar surface area (TPSA) is 271 Å². The summed E-state index contributed by atoms with van der Waals surface area (Å²) in [5, 5.41) is 44.6. The predicted octanol–water partition coefficient (Wildman–Crippen LogP) is 4.90. The number of benzene rings is 4. The molecule has 0 saturated heterocycles. The Kier molecular flexibility index (Phi) is 13.6. The van der Waals surface area contributed by atoms with Gasteiger partial charge in [0.1, 0.15) is 0 Å². The zero-order valence-electron chi connectivity index (χ0n) is 29.5. The van der Waals surface area contributed by atoms with E-state index in [1.807, 2.05) is 0 Å². The van der Waals surface area contributed by atoms with Crippen molar-refractivity contribution in [2.45, 2.75) is 45.5 Å². The van der Waals surface area contributed by atoms with Crippen molar-refractivity contribution in [1.82, 2.24) is 0 Å². The standard InChI is InChI=1S/C32H28N10O8S3.2Na/c1-19-29(31(33)41(39-19)23-5-3-7-27(17-23)52(45,46)47)37-35-21-9-13-25(14-10-21)51(43,44)26-15-11-22(12-16-26)36-38-30-20(2)40-42(32(30)34)24-6-4-8-28(18-24)53(48,49)50;;/h3-18,29-30,33-34H,1-2H3,(H,45,46,47)(H,48,49,50);;. The second-order valence-corrected chi connectivity index (χ2v) is 16.3. The van der Waals surface area contributed by atoms with Gasteiger partial charge in [-0.2, -0.15) is 47.5 Å². The summed E-state index contributed by atoms with van der Waals surface area (Å²) < 4.78 is 91.6. The van der Waals surface area contributed by atoms with E-state index in [2.05, 4.69) is 30.7 Å². The van der Waals surface area contributed by atoms with Crippen LogP contribution in [0.15, 0.2) is 147 Å². The second kappa shape index (κ2) is 17.1. The van der Waals surface area contributed by atoms with Crippen LogP contribution in [0.3, 0.4) is 0 Å². The Morgan fingerprint density at radius 1 is 0.564 bits per heavy atom. The van der Waals surface area contributed by atoms with Crippen molar-refractivity contribution in [2.75, 3.05) is 10.0 Å². The summed E-state index contributed by atoms with van der Waals surface area (Å²) in [7, 11) is -12.9. The van der Waals surface area contributed by atoms with Crippen LogP contribution in [0.2, 0.25) is 0 Å². The maximum Gasteiger partial charge on any atom is 0.294 e. The van der Waals surface area contributed by atoms with Gasteiger partial charge in [-0.15, -0.1) is 0 Å². The van der Waals surface area contributed by atoms with Crippen LogP contribution >= 0.6 is 0 Å². The molecule has 2 aliphatic rings. The Labute approximate surface area is 360 Å². The number of azo groups is 2. The molecule has 2 heterocycles. The van der Waals surface area contributed by atoms with Crippen LogP contribution in [0.1, 0.15) is 13.8 Å². The summed E-state index contributed by atoms with van der Waals surface area (Å²) >= 11 is 0. The third-order valence-corrected chi connectivity index (χ3v) is 11.4. The van der Waals surface area contributed by atoms with Crippen LogP contribution in [0.4, 0.5) is 22.7 Å². The number of nitrogens with zero attached hydrogens (tertiary/aromatic N) is 8. The first-order valence-corrected chi connectivity index (χ1v) is 19.6. The molecular formula is C32H28N10Na2O8S3. The first kappa shape index (κ1) is 43.9. The first-order chi connectivity index (χ1) is 24.9. The SMILES string of the molecule is CC1=NN(c2cccc(S(=O)(=O)O)c2)C(=N)C1N=Nc1ccc(S(=O)(=O)c2ccc(N=NC3C(=N)N(c4cccc(S(=O)(=O)O)c4)N=C3C)cc2)cc1.[Na].[Na]. The van der Waals surface area contributed by atoms with Crippen molar-refractivity contribution in [1.29, 1.82) is 10.8 Å². The van der Waals surface area contributed by atoms with Crippen molar-refractivity contribution in [3.63, 3.8) is 0 Å². The summed E-state index contributed by atoms with van der Waals surface area (Å²) in [5.41, 5.74) is 1.84. The van der Waals surface area contributed by atoms with Crippen molar-refractivity contribution in [3.05, 3.63) is 97.1 Å². The first-order valence-electron chi connectivity index (χ1n) is 15.2. The molecule has 0 fully saturated rings. The van der Waals surface area contributed by atoms with Gasteiger partial charge < -0.3 is 0 Å². The van der Waals surface area contributed by atoms with Crippen molar-refractivity contribution in [3.8, 4) is 0 Å². The van der Waals surface area contributed by atoms with E-state index in [1.54, 1.807) is 13.8 Å². The third kappa shape index (κ3) is 9.57. The Hall–Kier alpha value is -3.87. The van der Waals surface area contributed by atoms with E-state index in [0.717, 1.165) is 0 Å². The number of nitrogens with one attached hydrogen (secondary N) is 2. The Bertz CT molecular complexity index is 2450. The average Bonchev–Trinajstić information content (AvgIpc) is 3.57. The Balaban J connectivity index is 0.00000336. The third-order valence-electron chi connectivity index (χ3n) is 7.87. The van der Waals surface area contributed by atoms with Gasteiger partial charge in [0.05, 0.1) is 53.8 Å². The van der Waals surface area contributed by atoms with Crippen LogP contribution < -0.4 is 10.0 Å². The van der Waals surface area contributed by atoms with Gasteiger partial charge in [0.15, 0.2) is 23.8 Å². The molecule has 0 bridgehead atoms. The minimum Gasteiger partial charge on any atom is -0.284 e. The van der Waals surface area contributed by atoms with Crippen LogP contribution in [-0.2, 0) is 30.1 Å². The van der Waals surface area contributed by atoms with Gasteiger partial charge in [0.2, 0.25) is 9.84 Å². The van der Waals surface area contributed by atoms with E-state index >= 15 is 0 Å². The summed E-state index contributed by atoms with van der Waals surface area (Å²) in [6, 6.07) is 20.0. The molecule has 0 amide bonds. The number of hydrogen-bond acceptors (Lipinski definition) is 14. The maximum absolute atomic E-state index is 13.4. The second-order valence-electron chi connectivity index (χ2n) is 11.5. The van der Waals surface area contributed by atoms with E-state index < -0.39 is 42.2 Å². The molecule has 2 aliphatic heterocycles. The molecule has 0 spiro atoms. The van der Waals surface area contributed by atoms with Gasteiger partial charge in [-0.05, 0) is 98.8 Å². The molecule has 2 radical (unpaired) electrons. The molecule has 0 saturated carbocycles. The van der Waals surface area contributed by atoms with Crippen molar-refractivity contribution in [2.24, 2.45) is 30.7 Å². The predicted molar refractivity (Wildman–Crippen MR) is 206 cm³/mol. The molecule has 55 heavy (non-hydrogen) atoms. The van der Waals surface area contributed by atoms with Gasteiger partial charge in [-0.25, -0.2) is 18.4 Å². The smallest absolute Gasteiger partial charge is 0.284 e. The number of hydrazone groups is 2. The molecule has 6 rings (SSSR count). The number of sulfone groups is 1. The molecule has 0 aliphatic carbocycles. The minimum absolute atomic E-state index is 0. The zero-order chi connectivity index (χ0) is 38.3. The molecule has 274 valence electrons. The largest absolute Gasteiger partial charge is 0.294 e. The minimum atomic E-state index is -4.47. The van der Waals surface area contributed by atoms with E-state index in [-0.39, 0.29) is 102 Å². The van der Waals surface area contributed by atoms with E-state index in [9.17, 15) is 34.4 Å². The number of amidine groups is 2. The fraction of sp³-hybridized carbons (Fsp3) is 0.125. The fourth-order valence-electron chi connectivity index (χ4n) is 5.15. The molecule has 4 N–H and O–H groups in total. The van der Waals surface area contributed by atoms with Crippen LogP contribution in [0.5, 0.6) is 0 Å². The average molecular weight is 823 g/mol. The normalized spacial score (nSPS) is 17.7. The fourth-order valence-corrected chi connectivity index (χ4v) is 7.45. The van der Waals surface area contributed by atoms with Gasteiger partial charge in [-0.3, -0.25) is 19.9 Å². The Morgan fingerprint density at radius 2 is 0.909 bits per heavy atom. The summed E-state index contributed by atoms with van der Waals surface area (Å²) in [4.78, 5) is -0.757. The van der Waals surface area contributed by atoms with Gasteiger partial charge in [0.25, 0.3) is 20.2 Å². The molecule has 2 unspecified atom stereocenters. The van der Waals surface area contributed by atoms with Crippen molar-refractivity contribution >= 4 is 135 Å². The van der Waals surface area contributed by atoms with E-state index in [4.69, 9.17) is 10.8 Å². The molecule has 4 aromatic carbocycles. The van der Waals surface area contributed by atoms with Gasteiger partial charge >= 0.3 is 0 Å². The summed E-state index contributed by atoms with van der Waals surface area (Å²) in [5.74, 6) is -0.228. The van der Waals surface area contributed by atoms with Gasteiger partial charge in [0, 0.05) is 59.1 Å². The van der Waals surface area contributed by atoms with E-state index in [0.29, 0.717) is 22.8 Å². The molecule has 18 nitrogen and oxygen atoms in total. The number of rotatable bonds is 10. The van der Waals surface area contributed by atoms with Gasteiger partial charge in [-0.1, -0.05) is 12.1 Å². The van der Waals surface area contributed by atoms with Crippen molar-refractivity contribution < 1.29 is 34.4 Å². The Morgan fingerprint density at radius 3 is 1.24 bits per heavy atom. The molecule has 2 atom stereocenters. The summed E-state index contributed by atoms with van der Waals surface area (Å²) in [6.45, 7) is 3.24. The maximum atomic E-state index is 13.4. The molecular weight excluding hydrogens is 795 g/mol. The number of hydrogen-bond donors (Lipinski definition) is 4. The van der Waals surface area contributed by atoms with E-state index in [1.165, 1.54) is 107 Å². The molecule has 0 aromatic heterocycles. The molecule has 4 aromatic rings. The zero-order valence-corrected chi connectivity index (χ0v) is 36.0. The summed E-state index contributed by atoms with van der Waals surface area (Å²) in [6.07, 6.45) is 0. The molecule has 23 heteroatoms. The van der Waals surface area contributed by atoms with Crippen LogP contribution in [-0.4, -0.2) is 129 Å². The number of anilines is 2. The quantitative estimate of drug-likeness (QED) is 0.0954. The monoisotopic (exact) mass is 822 g/mol. The van der Waals surface area contributed by atoms with Crippen LogP contribution in [0.25, 0.3) is 0 Å². The van der Waals surface area contributed by atoms with Crippen LogP contribution in [0, 0.1) is 10.8 Å².